The molecule has 1 unspecified atom stereocenters. The van der Waals surface area contributed by atoms with Crippen molar-refractivity contribution in [2.24, 2.45) is 0 Å². The third-order valence-corrected chi connectivity index (χ3v) is 4.80. The second kappa shape index (κ2) is 6.59. The minimum Gasteiger partial charge on any atom is -0.481 e. The highest BCUT2D eigenvalue weighted by Crippen LogP contribution is 2.39. The Kier molecular flexibility index (Phi) is 4.64. The third kappa shape index (κ3) is 3.06. The van der Waals surface area contributed by atoms with Crippen LogP contribution in [0.2, 0.25) is 5.02 Å². The number of hydrogen-bond acceptors (Lipinski definition) is 4. The standard InChI is InChI=1S/C18H17ClFNO4/c1-9(22)10(2)25-16-8-15(14(20)7-13(16)19)21-17(23)11-5-3-4-6-12(11)18(21)24/h7-8,10H,3-6H2,1-2H3. The molecule has 5 nitrogen and oxygen atoms in total. The zero-order valence-corrected chi connectivity index (χ0v) is 14.7. The number of halogens is 2. The van der Waals surface area contributed by atoms with Crippen LogP contribution >= 0.6 is 11.6 Å². The molecule has 0 fully saturated rings. The molecule has 1 atom stereocenters. The van der Waals surface area contributed by atoms with Crippen LogP contribution in [0, 0.1) is 5.82 Å². The van der Waals surface area contributed by atoms with Gasteiger partial charge in [0.05, 0.1) is 10.7 Å². The maximum absolute atomic E-state index is 14.4. The topological polar surface area (TPSA) is 63.7 Å². The first-order chi connectivity index (χ1) is 11.8. The molecule has 0 bridgehead atoms. The van der Waals surface area contributed by atoms with Crippen molar-refractivity contribution in [3.8, 4) is 5.75 Å². The number of carbonyl (C=O) groups excluding carboxylic acids is 3. The van der Waals surface area contributed by atoms with E-state index in [1.165, 1.54) is 19.9 Å². The number of rotatable bonds is 4. The lowest BCUT2D eigenvalue weighted by molar-refractivity contribution is -0.123. The fraction of sp³-hybridized carbons (Fsp3) is 0.389. The van der Waals surface area contributed by atoms with Crippen LogP contribution in [0.4, 0.5) is 10.1 Å². The van der Waals surface area contributed by atoms with Crippen molar-refractivity contribution in [1.29, 1.82) is 0 Å². The number of benzene rings is 1. The van der Waals surface area contributed by atoms with Gasteiger partial charge in [0.25, 0.3) is 11.8 Å². The average molecular weight is 366 g/mol. The number of ether oxygens (including phenoxy) is 1. The van der Waals surface area contributed by atoms with Crippen LogP contribution < -0.4 is 9.64 Å². The number of imide groups is 1. The lowest BCUT2D eigenvalue weighted by Gasteiger charge is -2.19. The van der Waals surface area contributed by atoms with E-state index in [9.17, 15) is 18.8 Å². The molecular weight excluding hydrogens is 349 g/mol. The number of Topliss-reactive ketones (excluding diaryl/α,β-unsaturated/α-hetero) is 1. The van der Waals surface area contributed by atoms with E-state index in [2.05, 4.69) is 0 Å². The highest BCUT2D eigenvalue weighted by atomic mass is 35.5. The predicted octanol–water partition coefficient (Wildman–Crippen LogP) is 3.58. The molecule has 1 aliphatic heterocycles. The minimum absolute atomic E-state index is 0.0360. The Balaban J connectivity index is 1.99. The molecule has 0 radical (unpaired) electrons. The molecule has 1 aromatic carbocycles. The van der Waals surface area contributed by atoms with Crippen molar-refractivity contribution in [3.63, 3.8) is 0 Å². The van der Waals surface area contributed by atoms with Gasteiger partial charge in [0.2, 0.25) is 0 Å². The summed E-state index contributed by atoms with van der Waals surface area (Å²) in [6.45, 7) is 2.89. The zero-order chi connectivity index (χ0) is 18.3. The SMILES string of the molecule is CC(=O)C(C)Oc1cc(N2C(=O)C3=C(CCCC3)C2=O)c(F)cc1Cl. The summed E-state index contributed by atoms with van der Waals surface area (Å²) in [4.78, 5) is 37.4. The summed E-state index contributed by atoms with van der Waals surface area (Å²) < 4.78 is 19.9. The average Bonchev–Trinajstić information content (AvgIpc) is 2.82. The van der Waals surface area contributed by atoms with Gasteiger partial charge in [-0.3, -0.25) is 14.4 Å². The van der Waals surface area contributed by atoms with Crippen molar-refractivity contribution >= 4 is 34.9 Å². The fourth-order valence-electron chi connectivity index (χ4n) is 3.01. The molecule has 1 aromatic rings. The van der Waals surface area contributed by atoms with Crippen molar-refractivity contribution in [3.05, 3.63) is 34.1 Å². The van der Waals surface area contributed by atoms with Gasteiger partial charge in [0, 0.05) is 17.2 Å². The maximum Gasteiger partial charge on any atom is 0.261 e. The van der Waals surface area contributed by atoms with Gasteiger partial charge in [-0.25, -0.2) is 9.29 Å². The Morgan fingerprint density at radius 1 is 1.20 bits per heavy atom. The summed E-state index contributed by atoms with van der Waals surface area (Å²) in [6.07, 6.45) is 1.93. The van der Waals surface area contributed by atoms with Gasteiger partial charge < -0.3 is 4.74 Å². The van der Waals surface area contributed by atoms with E-state index in [0.717, 1.165) is 23.8 Å². The molecule has 0 saturated heterocycles. The van der Waals surface area contributed by atoms with Gasteiger partial charge in [-0.2, -0.15) is 0 Å². The van der Waals surface area contributed by atoms with E-state index < -0.39 is 23.7 Å². The van der Waals surface area contributed by atoms with Crippen molar-refractivity contribution < 1.29 is 23.5 Å². The second-order valence-corrected chi connectivity index (χ2v) is 6.62. The first kappa shape index (κ1) is 17.6. The van der Waals surface area contributed by atoms with Crippen LogP contribution in [0.1, 0.15) is 39.5 Å². The molecule has 1 heterocycles. The monoisotopic (exact) mass is 365 g/mol. The lowest BCUT2D eigenvalue weighted by atomic mass is 9.93. The number of amides is 2. The molecule has 7 heteroatoms. The minimum atomic E-state index is -0.797. The smallest absolute Gasteiger partial charge is 0.261 e. The number of nitrogens with zero attached hydrogens (tertiary/aromatic N) is 1. The predicted molar refractivity (Wildman–Crippen MR) is 90.2 cm³/mol. The second-order valence-electron chi connectivity index (χ2n) is 6.21. The van der Waals surface area contributed by atoms with Crippen LogP contribution in [0.25, 0.3) is 0 Å². The number of hydrogen-bond donors (Lipinski definition) is 0. The summed E-state index contributed by atoms with van der Waals surface area (Å²) in [7, 11) is 0. The molecule has 0 saturated carbocycles. The van der Waals surface area contributed by atoms with Crippen LogP contribution in [-0.2, 0) is 14.4 Å². The number of carbonyl (C=O) groups is 3. The zero-order valence-electron chi connectivity index (χ0n) is 13.9. The van der Waals surface area contributed by atoms with Gasteiger partial charge in [-0.05, 0) is 45.6 Å². The Morgan fingerprint density at radius 2 is 1.76 bits per heavy atom. The first-order valence-corrected chi connectivity index (χ1v) is 8.46. The highest BCUT2D eigenvalue weighted by Gasteiger charge is 2.41. The van der Waals surface area contributed by atoms with Gasteiger partial charge in [-0.15, -0.1) is 0 Å². The Bertz CT molecular complexity index is 790. The summed E-state index contributed by atoms with van der Waals surface area (Å²) in [5.74, 6) is -1.97. The van der Waals surface area contributed by atoms with Crippen molar-refractivity contribution in [2.45, 2.75) is 45.6 Å². The van der Waals surface area contributed by atoms with Gasteiger partial charge >= 0.3 is 0 Å². The van der Waals surface area contributed by atoms with E-state index in [0.29, 0.717) is 24.0 Å². The van der Waals surface area contributed by atoms with Crippen LogP contribution in [0.3, 0.4) is 0 Å². The lowest BCUT2D eigenvalue weighted by Crippen LogP contribution is -2.32. The normalized spacial score (nSPS) is 18.5. The Hall–Kier alpha value is -2.21. The molecule has 3 rings (SSSR count). The van der Waals surface area contributed by atoms with Gasteiger partial charge in [-0.1, -0.05) is 11.6 Å². The van der Waals surface area contributed by atoms with Crippen LogP contribution in [0.15, 0.2) is 23.3 Å². The highest BCUT2D eigenvalue weighted by molar-refractivity contribution is 6.34. The van der Waals surface area contributed by atoms with Gasteiger partial charge in [0.15, 0.2) is 11.9 Å². The van der Waals surface area contributed by atoms with Crippen LogP contribution in [-0.4, -0.2) is 23.7 Å². The Labute approximate surface area is 149 Å². The summed E-state index contributed by atoms with van der Waals surface area (Å²) >= 11 is 5.98. The molecule has 0 spiro atoms. The van der Waals surface area contributed by atoms with E-state index in [4.69, 9.17) is 16.3 Å². The largest absolute Gasteiger partial charge is 0.481 e. The molecule has 2 amide bonds. The maximum atomic E-state index is 14.4. The Morgan fingerprint density at radius 3 is 2.28 bits per heavy atom. The quantitative estimate of drug-likeness (QED) is 0.765. The summed E-state index contributed by atoms with van der Waals surface area (Å²) in [5.41, 5.74) is 0.717. The molecule has 132 valence electrons. The van der Waals surface area contributed by atoms with E-state index in [1.807, 2.05) is 0 Å². The van der Waals surface area contributed by atoms with E-state index in [-0.39, 0.29) is 22.2 Å². The molecule has 0 aromatic heterocycles. The first-order valence-electron chi connectivity index (χ1n) is 8.08. The fourth-order valence-corrected chi connectivity index (χ4v) is 3.21. The van der Waals surface area contributed by atoms with E-state index >= 15 is 0 Å². The summed E-state index contributed by atoms with van der Waals surface area (Å²) in [5, 5.41) is -0.0360. The summed E-state index contributed by atoms with van der Waals surface area (Å²) in [6, 6.07) is 2.18. The molecule has 25 heavy (non-hydrogen) atoms. The van der Waals surface area contributed by atoms with Crippen molar-refractivity contribution in [1.82, 2.24) is 0 Å². The molecule has 2 aliphatic rings. The number of anilines is 1. The van der Waals surface area contributed by atoms with Crippen LogP contribution in [0.5, 0.6) is 5.75 Å². The van der Waals surface area contributed by atoms with Crippen molar-refractivity contribution in [2.75, 3.05) is 4.90 Å². The van der Waals surface area contributed by atoms with E-state index in [1.54, 1.807) is 0 Å². The molecule has 0 N–H and O–H groups in total. The molecule has 1 aliphatic carbocycles. The molecular formula is C18H17ClFNO4. The third-order valence-electron chi connectivity index (χ3n) is 4.51. The van der Waals surface area contributed by atoms with Gasteiger partial charge in [0.1, 0.15) is 11.6 Å². The number of ketones is 1.